The van der Waals surface area contributed by atoms with Crippen molar-refractivity contribution in [1.82, 2.24) is 0 Å². The molecular formula is C42H48S2. The van der Waals surface area contributed by atoms with E-state index in [4.69, 9.17) is 0 Å². The summed E-state index contributed by atoms with van der Waals surface area (Å²) in [6.07, 6.45) is 23.3. The van der Waals surface area contributed by atoms with Crippen LogP contribution in [0, 0.1) is 0 Å². The quantitative estimate of drug-likeness (QED) is 0.0949. The minimum Gasteiger partial charge on any atom is -0.136 e. The van der Waals surface area contributed by atoms with E-state index in [9.17, 15) is 0 Å². The van der Waals surface area contributed by atoms with Gasteiger partial charge in [-0.2, -0.15) is 0 Å². The zero-order chi connectivity index (χ0) is 30.1. The molecule has 0 atom stereocenters. The topological polar surface area (TPSA) is 0 Å². The highest BCUT2D eigenvalue weighted by molar-refractivity contribution is 7.20. The third-order valence-electron chi connectivity index (χ3n) is 9.25. The summed E-state index contributed by atoms with van der Waals surface area (Å²) in [6.45, 7) is 4.58. The van der Waals surface area contributed by atoms with Crippen molar-refractivity contribution in [3.8, 4) is 0 Å². The molecule has 2 heteroatoms. The van der Waals surface area contributed by atoms with Crippen molar-refractivity contribution in [3.05, 3.63) is 93.7 Å². The molecule has 6 rings (SSSR count). The van der Waals surface area contributed by atoms with Gasteiger partial charge in [0.1, 0.15) is 0 Å². The third kappa shape index (κ3) is 7.64. The van der Waals surface area contributed by atoms with Crippen molar-refractivity contribution in [2.75, 3.05) is 0 Å². The lowest BCUT2D eigenvalue weighted by atomic mass is 10.00. The Hall–Kier alpha value is -2.94. The fourth-order valence-corrected chi connectivity index (χ4v) is 8.64. The Balaban J connectivity index is 1.17. The van der Waals surface area contributed by atoms with Gasteiger partial charge in [0.05, 0.1) is 0 Å². The van der Waals surface area contributed by atoms with Crippen LogP contribution in [0.1, 0.15) is 112 Å². The van der Waals surface area contributed by atoms with E-state index in [1.807, 2.05) is 22.7 Å². The smallest absolute Gasteiger partial charge is 0.0355 e. The molecule has 0 aliphatic heterocycles. The second-order valence-electron chi connectivity index (χ2n) is 12.7. The summed E-state index contributed by atoms with van der Waals surface area (Å²) in [5.74, 6) is 0. The standard InChI is InChI=1S/C42H48S2/c1-3-5-7-9-11-13-15-31-17-19-33-21-25-41-39(37(33)27-31)29-35(43-41)23-24-36-30-40-38-28-32(16-14-12-10-8-6-4-2)18-20-34(38)22-26-42(40)44-36/h17-30H,3-16H2,1-2H3/b24-23+. The lowest BCUT2D eigenvalue weighted by Crippen LogP contribution is -1.87. The molecule has 4 aromatic carbocycles. The van der Waals surface area contributed by atoms with E-state index in [0.717, 1.165) is 0 Å². The second kappa shape index (κ2) is 15.4. The average Bonchev–Trinajstić information content (AvgIpc) is 3.67. The summed E-state index contributed by atoms with van der Waals surface area (Å²) in [5.41, 5.74) is 2.97. The van der Waals surface area contributed by atoms with Crippen LogP contribution >= 0.6 is 22.7 Å². The monoisotopic (exact) mass is 616 g/mol. The normalized spacial score (nSPS) is 12.1. The number of rotatable bonds is 16. The van der Waals surface area contributed by atoms with E-state index in [1.165, 1.54) is 152 Å². The molecule has 0 N–H and O–H groups in total. The minimum absolute atomic E-state index is 1.19. The van der Waals surface area contributed by atoms with Crippen LogP contribution in [0.3, 0.4) is 0 Å². The minimum atomic E-state index is 1.19. The first-order valence-corrected chi connectivity index (χ1v) is 18.9. The SMILES string of the molecule is CCCCCCCCc1ccc2ccc3sc(/C=C/c4cc5c(ccc6ccc(CCCCCCCC)cc65)s4)cc3c2c1. The lowest BCUT2D eigenvalue weighted by Gasteiger charge is -2.05. The van der Waals surface area contributed by atoms with E-state index in [1.54, 1.807) is 0 Å². The Morgan fingerprint density at radius 3 is 1.30 bits per heavy atom. The second-order valence-corrected chi connectivity index (χ2v) is 15.0. The highest BCUT2D eigenvalue weighted by atomic mass is 32.1. The molecule has 2 heterocycles. The van der Waals surface area contributed by atoms with Gasteiger partial charge < -0.3 is 0 Å². The summed E-state index contributed by atoms with van der Waals surface area (Å²) >= 11 is 3.82. The van der Waals surface area contributed by atoms with Crippen LogP contribution in [-0.4, -0.2) is 0 Å². The number of unbranched alkanes of at least 4 members (excludes halogenated alkanes) is 10. The van der Waals surface area contributed by atoms with Gasteiger partial charge in [-0.3, -0.25) is 0 Å². The predicted molar refractivity (Wildman–Crippen MR) is 202 cm³/mol. The maximum absolute atomic E-state index is 2.46. The Morgan fingerprint density at radius 1 is 0.432 bits per heavy atom. The first-order chi connectivity index (χ1) is 21.7. The number of fused-ring (bicyclic) bond motifs is 6. The molecule has 0 nitrogen and oxygen atoms in total. The Morgan fingerprint density at radius 2 is 0.841 bits per heavy atom. The Kier molecular flexibility index (Phi) is 10.8. The van der Waals surface area contributed by atoms with Gasteiger partial charge in [0, 0.05) is 29.9 Å². The first kappa shape index (κ1) is 31.1. The van der Waals surface area contributed by atoms with Crippen molar-refractivity contribution < 1.29 is 0 Å². The Labute approximate surface area is 272 Å². The van der Waals surface area contributed by atoms with Gasteiger partial charge in [-0.15, -0.1) is 22.7 Å². The van der Waals surface area contributed by atoms with Gasteiger partial charge in [-0.1, -0.05) is 127 Å². The number of thiophene rings is 2. The van der Waals surface area contributed by atoms with E-state index >= 15 is 0 Å². The van der Waals surface area contributed by atoms with Gasteiger partial charge in [0.2, 0.25) is 0 Å². The van der Waals surface area contributed by atoms with E-state index in [0.29, 0.717) is 0 Å². The molecule has 0 aliphatic carbocycles. The van der Waals surface area contributed by atoms with Crippen molar-refractivity contribution in [3.63, 3.8) is 0 Å². The molecule has 0 unspecified atom stereocenters. The number of benzene rings is 4. The van der Waals surface area contributed by atoms with Crippen LogP contribution in [-0.2, 0) is 12.8 Å². The molecule has 0 fully saturated rings. The third-order valence-corrected chi connectivity index (χ3v) is 11.4. The molecule has 0 aliphatic rings. The van der Waals surface area contributed by atoms with Gasteiger partial charge in [-0.05, 0) is 94.8 Å². The highest BCUT2D eigenvalue weighted by Crippen LogP contribution is 2.36. The first-order valence-electron chi connectivity index (χ1n) is 17.3. The van der Waals surface area contributed by atoms with E-state index < -0.39 is 0 Å². The van der Waals surface area contributed by atoms with Crippen LogP contribution in [0.15, 0.2) is 72.8 Å². The van der Waals surface area contributed by atoms with Crippen LogP contribution in [0.5, 0.6) is 0 Å². The van der Waals surface area contributed by atoms with Gasteiger partial charge in [0.15, 0.2) is 0 Å². The zero-order valence-electron chi connectivity index (χ0n) is 26.8. The van der Waals surface area contributed by atoms with Crippen molar-refractivity contribution in [2.24, 2.45) is 0 Å². The molecule has 44 heavy (non-hydrogen) atoms. The van der Waals surface area contributed by atoms with Crippen molar-refractivity contribution in [1.29, 1.82) is 0 Å². The zero-order valence-corrected chi connectivity index (χ0v) is 28.4. The molecule has 0 saturated carbocycles. The van der Waals surface area contributed by atoms with Crippen molar-refractivity contribution >= 4 is 76.5 Å². The molecule has 2 aromatic heterocycles. The average molecular weight is 617 g/mol. The van der Waals surface area contributed by atoms with Gasteiger partial charge >= 0.3 is 0 Å². The molecule has 228 valence electrons. The number of hydrogen-bond donors (Lipinski definition) is 0. The Bertz CT molecular complexity index is 1710. The van der Waals surface area contributed by atoms with E-state index in [-0.39, 0.29) is 0 Å². The van der Waals surface area contributed by atoms with Gasteiger partial charge in [0.25, 0.3) is 0 Å². The lowest BCUT2D eigenvalue weighted by molar-refractivity contribution is 0.607. The van der Waals surface area contributed by atoms with Crippen LogP contribution in [0.2, 0.25) is 0 Å². The van der Waals surface area contributed by atoms with Crippen LogP contribution < -0.4 is 0 Å². The fourth-order valence-electron chi connectivity index (χ4n) is 6.67. The summed E-state index contributed by atoms with van der Waals surface area (Å²) in [5, 5.41) is 8.32. The largest absolute Gasteiger partial charge is 0.136 e. The predicted octanol–water partition coefficient (Wildman–Crippen LogP) is 14.4. The molecule has 0 radical (unpaired) electrons. The summed E-state index contributed by atoms with van der Waals surface area (Å²) in [4.78, 5) is 2.66. The summed E-state index contributed by atoms with van der Waals surface area (Å²) in [6, 6.07) is 28.3. The molecule has 6 aromatic rings. The number of aryl methyl sites for hydroxylation is 2. The summed E-state index contributed by atoms with van der Waals surface area (Å²) in [7, 11) is 0. The van der Waals surface area contributed by atoms with Crippen LogP contribution in [0.4, 0.5) is 0 Å². The summed E-state index contributed by atoms with van der Waals surface area (Å²) < 4.78 is 2.77. The molecule has 0 amide bonds. The maximum atomic E-state index is 2.46. The number of hydrogen-bond acceptors (Lipinski definition) is 2. The molecule has 0 spiro atoms. The van der Waals surface area contributed by atoms with Crippen molar-refractivity contribution in [2.45, 2.75) is 104 Å². The molecule has 0 bridgehead atoms. The van der Waals surface area contributed by atoms with E-state index in [2.05, 4.69) is 98.8 Å². The highest BCUT2D eigenvalue weighted by Gasteiger charge is 2.08. The van der Waals surface area contributed by atoms with Gasteiger partial charge in [-0.25, -0.2) is 0 Å². The molecule has 0 saturated heterocycles. The maximum Gasteiger partial charge on any atom is 0.0355 e. The van der Waals surface area contributed by atoms with Crippen LogP contribution in [0.25, 0.3) is 53.9 Å². The fraction of sp³-hybridized carbons (Fsp3) is 0.381. The molecular weight excluding hydrogens is 569 g/mol.